The van der Waals surface area contributed by atoms with Crippen LogP contribution in [0.4, 0.5) is 5.69 Å². The molecular weight excluding hydrogens is 422 g/mol. The van der Waals surface area contributed by atoms with E-state index in [9.17, 15) is 0 Å². The number of nitrogens with zero attached hydrogens (tertiary/aromatic N) is 3. The third kappa shape index (κ3) is 5.06. The molecule has 0 N–H and O–H groups in total. The summed E-state index contributed by atoms with van der Waals surface area (Å²) in [7, 11) is 8.05. The van der Waals surface area contributed by atoms with Crippen LogP contribution in [0.5, 0.6) is 0 Å². The Balaban J connectivity index is 0. The molecule has 0 spiro atoms. The molecule has 2 aliphatic rings. The number of halogens is 3. The van der Waals surface area contributed by atoms with Gasteiger partial charge in [-0.2, -0.15) is 0 Å². The maximum atomic E-state index is 6.01. The zero-order chi connectivity index (χ0) is 14.3. The van der Waals surface area contributed by atoms with E-state index >= 15 is 0 Å². The van der Waals surface area contributed by atoms with Gasteiger partial charge in [-0.15, -0.1) is 0 Å². The molecule has 0 aromatic heterocycles. The fraction of sp³-hybridized carbons (Fsp3) is 0.250. The van der Waals surface area contributed by atoms with Gasteiger partial charge in [0.15, 0.2) is 11.3 Å². The molecular formula is C16H18Cl3N3OZn. The molecule has 8 heteroatoms. The molecule has 1 aliphatic heterocycles. The van der Waals surface area contributed by atoms with Crippen LogP contribution in [-0.4, -0.2) is 33.2 Å². The van der Waals surface area contributed by atoms with E-state index in [4.69, 9.17) is 4.42 Å². The standard InChI is InChI=1S/C16H18N3O.3ClH.Zn/c1-18(2)11-5-7-13-15(9-11)20-16-10-12(19(3)4)6-8-14(16)17-13;;;;/h5-10H,1-4H3;3*1H;/q+1;;;;+2/p-3. The molecule has 126 valence electrons. The molecule has 1 aliphatic carbocycles. The average molecular weight is 440 g/mol. The summed E-state index contributed by atoms with van der Waals surface area (Å²) in [5.41, 5.74) is 3.66. The summed E-state index contributed by atoms with van der Waals surface area (Å²) in [6, 6.07) is 12.1. The number of rotatable bonds is 1. The van der Waals surface area contributed by atoms with Crippen LogP contribution in [-0.2, 0) is 19.5 Å². The van der Waals surface area contributed by atoms with Crippen molar-refractivity contribution in [3.63, 3.8) is 0 Å². The minimum Gasteiger partial charge on any atom is -1.00 e. The molecule has 0 saturated carbocycles. The first-order chi connectivity index (χ1) is 9.54. The van der Waals surface area contributed by atoms with Gasteiger partial charge in [-0.1, -0.05) is 0 Å². The van der Waals surface area contributed by atoms with E-state index < -0.39 is 0 Å². The van der Waals surface area contributed by atoms with Gasteiger partial charge in [-0.05, 0) is 18.2 Å². The molecule has 1 heterocycles. The van der Waals surface area contributed by atoms with E-state index in [1.54, 1.807) is 0 Å². The third-order valence-corrected chi connectivity index (χ3v) is 3.38. The largest absolute Gasteiger partial charge is 2.00 e. The Morgan fingerprint density at radius 3 is 2.21 bits per heavy atom. The Kier molecular flexibility index (Phi) is 10.8. The smallest absolute Gasteiger partial charge is 1.00 e. The summed E-state index contributed by atoms with van der Waals surface area (Å²) in [6.45, 7) is 0. The van der Waals surface area contributed by atoms with Gasteiger partial charge in [0.1, 0.15) is 25.3 Å². The van der Waals surface area contributed by atoms with Crippen LogP contribution >= 0.6 is 0 Å². The molecule has 0 radical (unpaired) electrons. The second kappa shape index (κ2) is 10.2. The van der Waals surface area contributed by atoms with Crippen LogP contribution in [0.1, 0.15) is 0 Å². The monoisotopic (exact) mass is 437 g/mol. The van der Waals surface area contributed by atoms with Gasteiger partial charge in [0.2, 0.25) is 5.36 Å². The van der Waals surface area contributed by atoms with Crippen molar-refractivity contribution < 1.29 is 61.1 Å². The summed E-state index contributed by atoms with van der Waals surface area (Å²) in [4.78, 5) is 6.70. The van der Waals surface area contributed by atoms with Gasteiger partial charge in [-0.3, -0.25) is 0 Å². The van der Waals surface area contributed by atoms with Crippen molar-refractivity contribution in [2.75, 3.05) is 33.1 Å². The fourth-order valence-electron chi connectivity index (χ4n) is 2.16. The summed E-state index contributed by atoms with van der Waals surface area (Å²) in [5, 5.41) is 1.10. The number of aromatic nitrogens is 1. The maximum absolute atomic E-state index is 6.01. The molecule has 0 saturated heterocycles. The predicted octanol–water partition coefficient (Wildman–Crippen LogP) is -6.96. The Morgan fingerprint density at radius 2 is 1.62 bits per heavy atom. The molecule has 1 aromatic carbocycles. The number of hydrogen-bond acceptors (Lipinski definition) is 3. The quantitative estimate of drug-likeness (QED) is 0.215. The van der Waals surface area contributed by atoms with Crippen molar-refractivity contribution >= 4 is 16.8 Å². The zero-order valence-corrected chi connectivity index (χ0v) is 19.3. The SMILES string of the molecule is CN(C)c1ccc2nc3ccc(=[N+](C)C)cc-3oc2c1.[Cl-].[Cl-].[Cl-].[Zn+2]. The van der Waals surface area contributed by atoms with Crippen LogP contribution in [0.25, 0.3) is 22.6 Å². The number of benzene rings is 2. The first-order valence-electron chi connectivity index (χ1n) is 6.57. The second-order valence-electron chi connectivity index (χ2n) is 5.31. The van der Waals surface area contributed by atoms with E-state index in [0.717, 1.165) is 33.6 Å². The predicted molar refractivity (Wildman–Crippen MR) is 82.1 cm³/mol. The topological polar surface area (TPSA) is 32.3 Å². The van der Waals surface area contributed by atoms with Crippen molar-refractivity contribution in [3.05, 3.63) is 41.8 Å². The Labute approximate surface area is 173 Å². The minimum atomic E-state index is 0. The van der Waals surface area contributed by atoms with Crippen molar-refractivity contribution in [2.24, 2.45) is 0 Å². The van der Waals surface area contributed by atoms with Gasteiger partial charge in [0, 0.05) is 31.9 Å². The van der Waals surface area contributed by atoms with E-state index in [2.05, 4.69) is 14.5 Å². The van der Waals surface area contributed by atoms with E-state index in [-0.39, 0.29) is 56.7 Å². The van der Waals surface area contributed by atoms with Gasteiger partial charge >= 0.3 is 19.5 Å². The molecule has 0 amide bonds. The van der Waals surface area contributed by atoms with Crippen LogP contribution in [0.15, 0.2) is 40.8 Å². The summed E-state index contributed by atoms with van der Waals surface area (Å²) >= 11 is 0. The molecule has 0 bridgehead atoms. The van der Waals surface area contributed by atoms with Gasteiger partial charge in [0.05, 0.1) is 6.07 Å². The Morgan fingerprint density at radius 1 is 0.958 bits per heavy atom. The van der Waals surface area contributed by atoms with Crippen molar-refractivity contribution in [2.45, 2.75) is 0 Å². The Bertz CT molecular complexity index is 832. The van der Waals surface area contributed by atoms with Crippen LogP contribution in [0.3, 0.4) is 0 Å². The molecule has 3 rings (SSSR count). The van der Waals surface area contributed by atoms with Crippen LogP contribution < -0.4 is 52.1 Å². The third-order valence-electron chi connectivity index (χ3n) is 3.38. The first-order valence-corrected chi connectivity index (χ1v) is 6.57. The van der Waals surface area contributed by atoms with Crippen molar-refractivity contribution in [1.29, 1.82) is 0 Å². The fourth-order valence-corrected chi connectivity index (χ4v) is 2.16. The minimum absolute atomic E-state index is 0. The molecule has 0 fully saturated rings. The molecule has 24 heavy (non-hydrogen) atoms. The summed E-state index contributed by atoms with van der Waals surface area (Å²) < 4.78 is 8.06. The van der Waals surface area contributed by atoms with E-state index in [1.165, 1.54) is 0 Å². The normalized spacial score (nSPS) is 9.17. The van der Waals surface area contributed by atoms with Crippen molar-refractivity contribution in [3.8, 4) is 11.5 Å². The summed E-state index contributed by atoms with van der Waals surface area (Å²) in [6.07, 6.45) is 0. The maximum Gasteiger partial charge on any atom is 2.00 e. The Hall–Kier alpha value is -0.867. The van der Waals surface area contributed by atoms with Crippen LogP contribution in [0, 0.1) is 0 Å². The van der Waals surface area contributed by atoms with Gasteiger partial charge in [-0.25, -0.2) is 9.56 Å². The number of fused-ring (bicyclic) bond motifs is 2. The van der Waals surface area contributed by atoms with Gasteiger partial charge < -0.3 is 46.5 Å². The molecule has 4 nitrogen and oxygen atoms in total. The summed E-state index contributed by atoms with van der Waals surface area (Å²) in [5.74, 6) is 0.805. The number of anilines is 1. The van der Waals surface area contributed by atoms with Crippen LogP contribution in [0.2, 0.25) is 0 Å². The second-order valence-corrected chi connectivity index (χ2v) is 5.31. The van der Waals surface area contributed by atoms with Crippen molar-refractivity contribution in [1.82, 2.24) is 9.56 Å². The van der Waals surface area contributed by atoms with E-state index in [0.29, 0.717) is 0 Å². The first kappa shape index (κ1) is 25.4. The van der Waals surface area contributed by atoms with Gasteiger partial charge in [0.25, 0.3) is 0 Å². The zero-order valence-electron chi connectivity index (χ0n) is 14.1. The number of hydrogen-bond donors (Lipinski definition) is 0. The molecule has 0 unspecified atom stereocenters. The average Bonchev–Trinajstić information content (AvgIpc) is 2.43. The molecule has 0 atom stereocenters. The molecule has 1 aromatic rings. The van der Waals surface area contributed by atoms with E-state index in [1.807, 2.05) is 64.6 Å².